The molecule has 0 radical (unpaired) electrons. The quantitative estimate of drug-likeness (QED) is 0.183. The smallest absolute Gasteiger partial charge is 0.225 e. The van der Waals surface area contributed by atoms with Gasteiger partial charge in [-0.15, -0.1) is 0 Å². The van der Waals surface area contributed by atoms with Crippen LogP contribution in [0.25, 0.3) is 5.69 Å². The van der Waals surface area contributed by atoms with Crippen LogP contribution in [0.1, 0.15) is 22.2 Å². The lowest BCUT2D eigenvalue weighted by atomic mass is 10.0. The molecule has 4 rings (SSSR count). The first-order chi connectivity index (χ1) is 15.4. The molecule has 1 heterocycles. The van der Waals surface area contributed by atoms with Gasteiger partial charge in [-0.05, 0) is 17.7 Å². The highest BCUT2D eigenvalue weighted by molar-refractivity contribution is 6.00. The van der Waals surface area contributed by atoms with E-state index in [-0.39, 0.29) is 11.4 Å². The van der Waals surface area contributed by atoms with E-state index in [1.165, 1.54) is 29.1 Å². The van der Waals surface area contributed by atoms with Crippen molar-refractivity contribution in [2.24, 2.45) is 0 Å². The van der Waals surface area contributed by atoms with Gasteiger partial charge < -0.3 is 5.32 Å². The van der Waals surface area contributed by atoms with Crippen LogP contribution in [0.15, 0.2) is 73.1 Å². The van der Waals surface area contributed by atoms with Crippen LogP contribution in [0.3, 0.4) is 0 Å². The molecule has 0 aliphatic rings. The summed E-state index contributed by atoms with van der Waals surface area (Å²) in [6.45, 7) is 0. The van der Waals surface area contributed by atoms with Gasteiger partial charge >= 0.3 is 0 Å². The number of nitrogens with one attached hydrogen (secondary N) is 1. The summed E-state index contributed by atoms with van der Waals surface area (Å²) < 4.78 is 71.0. The summed E-state index contributed by atoms with van der Waals surface area (Å²) in [6.07, 6.45) is 2.88. The number of nitrogens with zero attached hydrogens (tertiary/aromatic N) is 2. The highest BCUT2D eigenvalue weighted by atomic mass is 19.2. The van der Waals surface area contributed by atoms with Crippen LogP contribution in [0.2, 0.25) is 0 Å². The number of hydrogen-bond acceptors (Lipinski definition) is 3. The number of halogens is 5. The minimum atomic E-state index is -2.28. The van der Waals surface area contributed by atoms with E-state index in [2.05, 4.69) is 10.3 Å². The second kappa shape index (κ2) is 8.62. The summed E-state index contributed by atoms with van der Waals surface area (Å²) >= 11 is 0. The van der Waals surface area contributed by atoms with E-state index in [1.54, 1.807) is 48.5 Å². The lowest BCUT2D eigenvalue weighted by Gasteiger charge is -2.21. The maximum atomic E-state index is 14.3. The van der Waals surface area contributed by atoms with Crippen LogP contribution in [-0.4, -0.2) is 15.3 Å². The fourth-order valence-corrected chi connectivity index (χ4v) is 3.23. The van der Waals surface area contributed by atoms with Crippen LogP contribution in [0, 0.1) is 29.1 Å². The molecular formula is C23H14F5N3O. The van der Waals surface area contributed by atoms with Crippen LogP contribution in [0.5, 0.6) is 0 Å². The van der Waals surface area contributed by atoms with E-state index >= 15 is 0 Å². The molecule has 1 aromatic heterocycles. The fraction of sp³-hybridized carbons (Fsp3) is 0.0435. The van der Waals surface area contributed by atoms with E-state index in [0.717, 1.165) is 0 Å². The molecule has 3 aromatic carbocycles. The SMILES string of the molecule is O=C(c1nccn1-c1ccccc1)[C@@H](Nc1c(F)c(F)c(F)c(F)c1F)c1ccccc1. The first-order valence-electron chi connectivity index (χ1n) is 9.36. The summed E-state index contributed by atoms with van der Waals surface area (Å²) in [5, 5.41) is 2.21. The Bertz CT molecular complexity index is 1250. The second-order valence-corrected chi connectivity index (χ2v) is 6.75. The number of benzene rings is 3. The highest BCUT2D eigenvalue weighted by Gasteiger charge is 2.31. The zero-order chi connectivity index (χ0) is 22.8. The van der Waals surface area contributed by atoms with E-state index in [1.807, 2.05) is 0 Å². The maximum absolute atomic E-state index is 14.3. The Kier molecular flexibility index (Phi) is 5.72. The molecule has 0 saturated heterocycles. The van der Waals surface area contributed by atoms with E-state index in [0.29, 0.717) is 5.69 Å². The number of carbonyl (C=O) groups excluding carboxylic acids is 1. The highest BCUT2D eigenvalue weighted by Crippen LogP contribution is 2.31. The number of rotatable bonds is 6. The minimum Gasteiger partial charge on any atom is -0.366 e. The van der Waals surface area contributed by atoms with Crippen molar-refractivity contribution in [3.8, 4) is 5.69 Å². The largest absolute Gasteiger partial charge is 0.366 e. The van der Waals surface area contributed by atoms with E-state index in [4.69, 9.17) is 0 Å². The third kappa shape index (κ3) is 3.73. The molecule has 0 saturated carbocycles. The van der Waals surface area contributed by atoms with Crippen molar-refractivity contribution in [3.05, 3.63) is 114 Å². The van der Waals surface area contributed by atoms with Crippen LogP contribution in [0.4, 0.5) is 27.6 Å². The molecule has 4 aromatic rings. The minimum absolute atomic E-state index is 0.0959. The van der Waals surface area contributed by atoms with Crippen molar-refractivity contribution in [2.75, 3.05) is 5.32 Å². The second-order valence-electron chi connectivity index (χ2n) is 6.75. The predicted octanol–water partition coefficient (Wildman–Crippen LogP) is 5.60. The molecule has 0 unspecified atom stereocenters. The van der Waals surface area contributed by atoms with E-state index < -0.39 is 46.6 Å². The summed E-state index contributed by atoms with van der Waals surface area (Å²) in [5.41, 5.74) is -0.470. The third-order valence-corrected chi connectivity index (χ3v) is 4.79. The molecule has 1 N–H and O–H groups in total. The van der Waals surface area contributed by atoms with Crippen molar-refractivity contribution in [2.45, 2.75) is 6.04 Å². The average molecular weight is 443 g/mol. The van der Waals surface area contributed by atoms with Gasteiger partial charge in [0.15, 0.2) is 29.1 Å². The van der Waals surface area contributed by atoms with Gasteiger partial charge in [-0.1, -0.05) is 48.5 Å². The zero-order valence-electron chi connectivity index (χ0n) is 16.2. The van der Waals surface area contributed by atoms with Gasteiger partial charge in [0.25, 0.3) is 0 Å². The normalized spacial score (nSPS) is 11.9. The van der Waals surface area contributed by atoms with Crippen molar-refractivity contribution in [1.29, 1.82) is 0 Å². The Morgan fingerprint density at radius 3 is 1.91 bits per heavy atom. The van der Waals surface area contributed by atoms with Crippen molar-refractivity contribution < 1.29 is 26.7 Å². The number of Topliss-reactive ketones (excluding diaryl/α,β-unsaturated/α-hetero) is 1. The zero-order valence-corrected chi connectivity index (χ0v) is 16.2. The molecule has 0 fully saturated rings. The Balaban J connectivity index is 1.82. The van der Waals surface area contributed by atoms with Crippen molar-refractivity contribution in [3.63, 3.8) is 0 Å². The molecule has 9 heteroatoms. The summed E-state index contributed by atoms with van der Waals surface area (Å²) in [5.74, 6) is -11.5. The van der Waals surface area contributed by atoms with Gasteiger partial charge in [0, 0.05) is 18.1 Å². The number of anilines is 1. The number of hydrogen-bond donors (Lipinski definition) is 1. The Hall–Kier alpha value is -4.01. The first-order valence-corrected chi connectivity index (χ1v) is 9.36. The standard InChI is InChI=1S/C23H14F5N3O/c24-15-16(25)18(27)21(19(28)17(15)26)30-20(13-7-3-1-4-8-13)22(32)23-29-11-12-31(23)14-9-5-2-6-10-14/h1-12,20,30H/t20-/m0/s1. The van der Waals surface area contributed by atoms with Gasteiger partial charge in [0.05, 0.1) is 0 Å². The number of ketones is 1. The third-order valence-electron chi connectivity index (χ3n) is 4.79. The van der Waals surface area contributed by atoms with Crippen LogP contribution < -0.4 is 5.32 Å². The number of carbonyl (C=O) groups is 1. The van der Waals surface area contributed by atoms with Gasteiger partial charge in [0.1, 0.15) is 11.7 Å². The molecule has 0 spiro atoms. The fourth-order valence-electron chi connectivity index (χ4n) is 3.23. The Labute approximate surface area is 179 Å². The summed E-state index contributed by atoms with van der Waals surface area (Å²) in [4.78, 5) is 17.5. The molecule has 32 heavy (non-hydrogen) atoms. The molecule has 0 bridgehead atoms. The van der Waals surface area contributed by atoms with Gasteiger partial charge in [-0.2, -0.15) is 0 Å². The number of imidazole rings is 1. The Morgan fingerprint density at radius 1 is 0.781 bits per heavy atom. The summed E-state index contributed by atoms with van der Waals surface area (Å²) in [6, 6.07) is 15.0. The van der Waals surface area contributed by atoms with E-state index in [9.17, 15) is 26.7 Å². The molecule has 162 valence electrons. The molecule has 0 aliphatic carbocycles. The number of aromatic nitrogens is 2. The monoisotopic (exact) mass is 443 g/mol. The van der Waals surface area contributed by atoms with Crippen LogP contribution >= 0.6 is 0 Å². The lowest BCUT2D eigenvalue weighted by Crippen LogP contribution is -2.25. The number of para-hydroxylation sites is 1. The topological polar surface area (TPSA) is 46.9 Å². The first kappa shape index (κ1) is 21.2. The van der Waals surface area contributed by atoms with Crippen molar-refractivity contribution in [1.82, 2.24) is 9.55 Å². The summed E-state index contributed by atoms with van der Waals surface area (Å²) in [7, 11) is 0. The maximum Gasteiger partial charge on any atom is 0.225 e. The molecule has 0 amide bonds. The van der Waals surface area contributed by atoms with Gasteiger partial charge in [0.2, 0.25) is 11.6 Å². The molecule has 0 aliphatic heterocycles. The average Bonchev–Trinajstić information content (AvgIpc) is 3.32. The molecule has 4 nitrogen and oxygen atoms in total. The molecular weight excluding hydrogens is 429 g/mol. The van der Waals surface area contributed by atoms with Crippen LogP contribution in [-0.2, 0) is 0 Å². The lowest BCUT2D eigenvalue weighted by molar-refractivity contribution is 0.0957. The molecule has 1 atom stereocenters. The Morgan fingerprint density at radius 2 is 1.31 bits per heavy atom. The van der Waals surface area contributed by atoms with Gasteiger partial charge in [-0.3, -0.25) is 9.36 Å². The predicted molar refractivity (Wildman–Crippen MR) is 107 cm³/mol. The van der Waals surface area contributed by atoms with Gasteiger partial charge in [-0.25, -0.2) is 26.9 Å². The van der Waals surface area contributed by atoms with Crippen molar-refractivity contribution >= 4 is 11.5 Å².